The van der Waals surface area contributed by atoms with E-state index in [4.69, 9.17) is 4.74 Å². The standard InChI is InChI=1S/C20H30O2/c1-7-14(3)19(21)22-18-11-9-13(2)8-10-16-17(12-15(18)4)20(16,5)6/h7,9,12,16-18H,8,10-11H2,1-6H3/b13-9+,14-7-,15-12?/t16-,17+,18+/m1/s1. The Hall–Kier alpha value is -1.31. The van der Waals surface area contributed by atoms with Crippen molar-refractivity contribution in [1.29, 1.82) is 0 Å². The van der Waals surface area contributed by atoms with Crippen molar-refractivity contribution in [2.45, 2.75) is 66.9 Å². The molecule has 2 rings (SSSR count). The maximum atomic E-state index is 12.1. The monoisotopic (exact) mass is 302 g/mol. The molecule has 1 fully saturated rings. The van der Waals surface area contributed by atoms with Crippen molar-refractivity contribution in [2.75, 3.05) is 0 Å². The first-order valence-corrected chi connectivity index (χ1v) is 8.45. The second-order valence-corrected chi connectivity index (χ2v) is 7.55. The van der Waals surface area contributed by atoms with E-state index in [-0.39, 0.29) is 12.1 Å². The number of rotatable bonds is 2. The summed E-state index contributed by atoms with van der Waals surface area (Å²) in [6.07, 6.45) is 9.50. The van der Waals surface area contributed by atoms with Gasteiger partial charge in [0.15, 0.2) is 0 Å². The molecule has 22 heavy (non-hydrogen) atoms. The third kappa shape index (κ3) is 3.53. The van der Waals surface area contributed by atoms with Crippen LogP contribution >= 0.6 is 0 Å². The summed E-state index contributed by atoms with van der Waals surface area (Å²) in [7, 11) is 0. The molecule has 2 heteroatoms. The molecule has 0 aliphatic heterocycles. The zero-order chi connectivity index (χ0) is 16.5. The van der Waals surface area contributed by atoms with Gasteiger partial charge in [-0.15, -0.1) is 0 Å². The summed E-state index contributed by atoms with van der Waals surface area (Å²) in [4.78, 5) is 12.1. The Bertz CT molecular complexity index is 534. The maximum absolute atomic E-state index is 12.1. The van der Waals surface area contributed by atoms with E-state index < -0.39 is 0 Å². The lowest BCUT2D eigenvalue weighted by Gasteiger charge is -2.19. The van der Waals surface area contributed by atoms with E-state index in [1.54, 1.807) is 0 Å². The first-order valence-electron chi connectivity index (χ1n) is 8.45. The quantitative estimate of drug-likeness (QED) is 0.397. The SMILES string of the molecule is C/C=C(/C)C(=O)O[C@H]1C/C=C(\C)CC[C@@H]2[C@H](C=C1C)C2(C)C. The summed E-state index contributed by atoms with van der Waals surface area (Å²) in [6, 6.07) is 0. The average molecular weight is 302 g/mol. The van der Waals surface area contributed by atoms with Gasteiger partial charge >= 0.3 is 5.97 Å². The lowest BCUT2D eigenvalue weighted by molar-refractivity contribution is -0.142. The summed E-state index contributed by atoms with van der Waals surface area (Å²) < 4.78 is 5.75. The van der Waals surface area contributed by atoms with Gasteiger partial charge in [0.1, 0.15) is 6.10 Å². The smallest absolute Gasteiger partial charge is 0.333 e. The highest BCUT2D eigenvalue weighted by molar-refractivity contribution is 5.87. The molecule has 3 atom stereocenters. The fourth-order valence-corrected chi connectivity index (χ4v) is 3.52. The van der Waals surface area contributed by atoms with Gasteiger partial charge in [0.25, 0.3) is 0 Å². The molecule has 0 aromatic rings. The van der Waals surface area contributed by atoms with Crippen LogP contribution in [0.15, 0.2) is 34.9 Å². The fraction of sp³-hybridized carbons (Fsp3) is 0.650. The molecule has 0 aromatic carbocycles. The summed E-state index contributed by atoms with van der Waals surface area (Å²) in [5, 5.41) is 0. The van der Waals surface area contributed by atoms with E-state index >= 15 is 0 Å². The van der Waals surface area contributed by atoms with Crippen LogP contribution in [-0.2, 0) is 9.53 Å². The molecule has 0 spiro atoms. The predicted molar refractivity (Wildman–Crippen MR) is 91.4 cm³/mol. The van der Waals surface area contributed by atoms with Gasteiger partial charge in [-0.1, -0.05) is 37.6 Å². The fourth-order valence-electron chi connectivity index (χ4n) is 3.52. The lowest BCUT2D eigenvalue weighted by Crippen LogP contribution is -2.20. The Kier molecular flexibility index (Phi) is 4.99. The number of carbonyl (C=O) groups is 1. The highest BCUT2D eigenvalue weighted by Gasteiger charge is 2.55. The average Bonchev–Trinajstić information content (AvgIpc) is 2.99. The molecule has 0 radical (unpaired) electrons. The minimum atomic E-state index is -0.199. The van der Waals surface area contributed by atoms with Crippen LogP contribution in [-0.4, -0.2) is 12.1 Å². The van der Waals surface area contributed by atoms with Crippen LogP contribution < -0.4 is 0 Å². The van der Waals surface area contributed by atoms with Crippen molar-refractivity contribution in [3.8, 4) is 0 Å². The van der Waals surface area contributed by atoms with Gasteiger partial charge in [-0.2, -0.15) is 0 Å². The van der Waals surface area contributed by atoms with E-state index in [0.29, 0.717) is 16.9 Å². The van der Waals surface area contributed by atoms with Crippen molar-refractivity contribution in [2.24, 2.45) is 17.3 Å². The molecule has 2 aliphatic rings. The van der Waals surface area contributed by atoms with Crippen LogP contribution in [0.1, 0.15) is 60.8 Å². The number of hydrogen-bond acceptors (Lipinski definition) is 2. The van der Waals surface area contributed by atoms with E-state index in [2.05, 4.69) is 39.8 Å². The van der Waals surface area contributed by atoms with Crippen molar-refractivity contribution < 1.29 is 9.53 Å². The number of fused-ring (bicyclic) bond motifs is 1. The van der Waals surface area contributed by atoms with Crippen LogP contribution in [0, 0.1) is 17.3 Å². The minimum absolute atomic E-state index is 0.132. The number of ether oxygens (including phenoxy) is 1. The van der Waals surface area contributed by atoms with E-state index in [1.807, 2.05) is 19.9 Å². The maximum Gasteiger partial charge on any atom is 0.333 e. The Labute approximate surface area is 135 Å². The van der Waals surface area contributed by atoms with Crippen molar-refractivity contribution >= 4 is 5.97 Å². The number of hydrogen-bond donors (Lipinski definition) is 0. The Morgan fingerprint density at radius 1 is 1.36 bits per heavy atom. The minimum Gasteiger partial charge on any atom is -0.454 e. The summed E-state index contributed by atoms with van der Waals surface area (Å²) in [5.41, 5.74) is 3.68. The van der Waals surface area contributed by atoms with Crippen molar-refractivity contribution in [3.05, 3.63) is 34.9 Å². The highest BCUT2D eigenvalue weighted by Crippen LogP contribution is 2.61. The normalized spacial score (nSPS) is 33.9. The number of carbonyl (C=O) groups excluding carboxylic acids is 1. The van der Waals surface area contributed by atoms with Gasteiger partial charge < -0.3 is 4.74 Å². The van der Waals surface area contributed by atoms with Crippen LogP contribution in [0.3, 0.4) is 0 Å². The number of allylic oxidation sites excluding steroid dienone is 3. The molecule has 1 saturated carbocycles. The molecule has 0 unspecified atom stereocenters. The van der Waals surface area contributed by atoms with Gasteiger partial charge in [-0.3, -0.25) is 0 Å². The Morgan fingerprint density at radius 3 is 2.68 bits per heavy atom. The topological polar surface area (TPSA) is 26.3 Å². The molecule has 2 nitrogen and oxygen atoms in total. The summed E-state index contributed by atoms with van der Waals surface area (Å²) in [6.45, 7) is 12.7. The van der Waals surface area contributed by atoms with Gasteiger partial charge in [0, 0.05) is 12.0 Å². The zero-order valence-electron chi connectivity index (χ0n) is 14.9. The first-order chi connectivity index (χ1) is 10.3. The highest BCUT2D eigenvalue weighted by atomic mass is 16.5. The Morgan fingerprint density at radius 2 is 2.05 bits per heavy atom. The molecule has 0 saturated heterocycles. The van der Waals surface area contributed by atoms with E-state index in [1.165, 1.54) is 17.6 Å². The molecule has 0 amide bonds. The molecular formula is C20H30O2. The van der Waals surface area contributed by atoms with Gasteiger partial charge in [-0.25, -0.2) is 4.79 Å². The second-order valence-electron chi connectivity index (χ2n) is 7.55. The van der Waals surface area contributed by atoms with Crippen LogP contribution in [0.5, 0.6) is 0 Å². The van der Waals surface area contributed by atoms with Gasteiger partial charge in [0.05, 0.1) is 0 Å². The third-order valence-corrected chi connectivity index (χ3v) is 5.62. The molecule has 0 heterocycles. The second kappa shape index (κ2) is 6.44. The zero-order valence-corrected chi connectivity index (χ0v) is 14.9. The third-order valence-electron chi connectivity index (χ3n) is 5.62. The van der Waals surface area contributed by atoms with E-state index in [0.717, 1.165) is 18.8 Å². The molecule has 0 bridgehead atoms. The van der Waals surface area contributed by atoms with Crippen molar-refractivity contribution in [3.63, 3.8) is 0 Å². The van der Waals surface area contributed by atoms with Crippen molar-refractivity contribution in [1.82, 2.24) is 0 Å². The molecule has 0 N–H and O–H groups in total. The molecule has 122 valence electrons. The van der Waals surface area contributed by atoms with Crippen LogP contribution in [0.2, 0.25) is 0 Å². The molecule has 2 aliphatic carbocycles. The lowest BCUT2D eigenvalue weighted by atomic mass is 9.99. The van der Waals surface area contributed by atoms with Gasteiger partial charge in [0.2, 0.25) is 0 Å². The van der Waals surface area contributed by atoms with E-state index in [9.17, 15) is 4.79 Å². The number of esters is 1. The largest absolute Gasteiger partial charge is 0.454 e. The molecule has 0 aromatic heterocycles. The summed E-state index contributed by atoms with van der Waals surface area (Å²) >= 11 is 0. The molecular weight excluding hydrogens is 272 g/mol. The van der Waals surface area contributed by atoms with Crippen LogP contribution in [0.4, 0.5) is 0 Å². The van der Waals surface area contributed by atoms with Crippen LogP contribution in [0.25, 0.3) is 0 Å². The predicted octanol–water partition coefficient (Wildman–Crippen LogP) is 5.21. The Balaban J connectivity index is 2.21. The summed E-state index contributed by atoms with van der Waals surface area (Å²) in [5.74, 6) is 1.19. The first kappa shape index (κ1) is 17.1. The van der Waals surface area contributed by atoms with Gasteiger partial charge in [-0.05, 0) is 63.4 Å².